The molecule has 6 nitrogen and oxygen atoms in total. The maximum absolute atomic E-state index is 12.2. The van der Waals surface area contributed by atoms with Crippen molar-refractivity contribution in [2.24, 2.45) is 0 Å². The van der Waals surface area contributed by atoms with E-state index in [1.807, 2.05) is 6.07 Å². The molecule has 0 bridgehead atoms. The fourth-order valence-corrected chi connectivity index (χ4v) is 2.88. The zero-order valence-corrected chi connectivity index (χ0v) is 13.2. The largest absolute Gasteiger partial charge is 0.459 e. The number of esters is 1. The lowest BCUT2D eigenvalue weighted by Gasteiger charge is -2.22. The molecule has 1 N–H and O–H groups in total. The molecule has 0 radical (unpaired) electrons. The van der Waals surface area contributed by atoms with Gasteiger partial charge in [0, 0.05) is 0 Å². The average molecular weight is 310 g/mol. The number of sulfonamides is 1. The Bertz CT molecular complexity index is 669. The highest BCUT2D eigenvalue weighted by molar-refractivity contribution is 7.89. The molecule has 114 valence electrons. The normalized spacial score (nSPS) is 13.3. The summed E-state index contributed by atoms with van der Waals surface area (Å²) in [6.45, 7) is 6.46. The number of carbonyl (C=O) groups is 1. The smallest absolute Gasteiger partial charge is 0.324 e. The fourth-order valence-electron chi connectivity index (χ4n) is 1.53. The Morgan fingerprint density at radius 1 is 1.33 bits per heavy atom. The van der Waals surface area contributed by atoms with Crippen LogP contribution in [0.15, 0.2) is 29.2 Å². The van der Waals surface area contributed by atoms with Gasteiger partial charge in [0.25, 0.3) is 0 Å². The molecule has 0 aliphatic heterocycles. The fraction of sp³-hybridized carbons (Fsp3) is 0.429. The zero-order valence-electron chi connectivity index (χ0n) is 12.4. The van der Waals surface area contributed by atoms with Crippen molar-refractivity contribution in [1.82, 2.24) is 4.72 Å². The van der Waals surface area contributed by atoms with E-state index in [4.69, 9.17) is 10.00 Å². The van der Waals surface area contributed by atoms with Crippen LogP contribution in [-0.4, -0.2) is 26.0 Å². The van der Waals surface area contributed by atoms with E-state index in [9.17, 15) is 13.2 Å². The summed E-state index contributed by atoms with van der Waals surface area (Å²) < 4.78 is 31.8. The van der Waals surface area contributed by atoms with E-state index < -0.39 is 27.6 Å². The van der Waals surface area contributed by atoms with Crippen LogP contribution in [0.25, 0.3) is 0 Å². The molecular weight excluding hydrogens is 292 g/mol. The maximum atomic E-state index is 12.2. The quantitative estimate of drug-likeness (QED) is 0.851. The lowest BCUT2D eigenvalue weighted by atomic mass is 10.2. The van der Waals surface area contributed by atoms with Crippen LogP contribution < -0.4 is 4.72 Å². The van der Waals surface area contributed by atoms with Gasteiger partial charge in [-0.25, -0.2) is 8.42 Å². The Balaban J connectivity index is 2.96. The van der Waals surface area contributed by atoms with Crippen LogP contribution in [0.5, 0.6) is 0 Å². The highest BCUT2D eigenvalue weighted by Crippen LogP contribution is 2.15. The number of benzene rings is 1. The van der Waals surface area contributed by atoms with Crippen LogP contribution in [0.1, 0.15) is 33.3 Å². The summed E-state index contributed by atoms with van der Waals surface area (Å²) in [6, 6.07) is 6.53. The summed E-state index contributed by atoms with van der Waals surface area (Å²) in [6.07, 6.45) is 0. The number of carbonyl (C=O) groups excluding carboxylic acids is 1. The van der Waals surface area contributed by atoms with Crippen LogP contribution in [0.2, 0.25) is 0 Å². The molecule has 0 aliphatic carbocycles. The minimum absolute atomic E-state index is 0.0152. The second kappa shape index (κ2) is 6.24. The lowest BCUT2D eigenvalue weighted by molar-refractivity contribution is -0.156. The first-order chi connectivity index (χ1) is 9.57. The lowest BCUT2D eigenvalue weighted by Crippen LogP contribution is -2.42. The van der Waals surface area contributed by atoms with E-state index in [0.29, 0.717) is 0 Å². The Labute approximate surface area is 124 Å². The maximum Gasteiger partial charge on any atom is 0.324 e. The van der Waals surface area contributed by atoms with Gasteiger partial charge in [0.05, 0.1) is 10.5 Å². The number of hydrogen-bond donors (Lipinski definition) is 1. The second-order valence-corrected chi connectivity index (χ2v) is 7.17. The van der Waals surface area contributed by atoms with Crippen LogP contribution in [0.4, 0.5) is 0 Å². The molecule has 0 fully saturated rings. The number of nitrogens with one attached hydrogen (secondary N) is 1. The first-order valence-electron chi connectivity index (χ1n) is 6.31. The molecule has 0 unspecified atom stereocenters. The van der Waals surface area contributed by atoms with Crippen LogP contribution in [-0.2, 0) is 19.6 Å². The van der Waals surface area contributed by atoms with Crippen molar-refractivity contribution < 1.29 is 17.9 Å². The van der Waals surface area contributed by atoms with Crippen LogP contribution in [0.3, 0.4) is 0 Å². The number of ether oxygens (including phenoxy) is 1. The van der Waals surface area contributed by atoms with Crippen molar-refractivity contribution >= 4 is 16.0 Å². The molecule has 0 spiro atoms. The van der Waals surface area contributed by atoms with Gasteiger partial charge in [-0.3, -0.25) is 4.79 Å². The number of rotatable bonds is 4. The Kier molecular flexibility index (Phi) is 5.10. The van der Waals surface area contributed by atoms with Crippen LogP contribution >= 0.6 is 0 Å². The summed E-state index contributed by atoms with van der Waals surface area (Å²) in [5.41, 5.74) is -0.692. The van der Waals surface area contributed by atoms with Crippen molar-refractivity contribution in [2.45, 2.75) is 44.2 Å². The molecule has 0 amide bonds. The summed E-state index contributed by atoms with van der Waals surface area (Å²) in [7, 11) is -3.98. The highest BCUT2D eigenvalue weighted by Gasteiger charge is 2.27. The highest BCUT2D eigenvalue weighted by atomic mass is 32.2. The van der Waals surface area contributed by atoms with Gasteiger partial charge in [-0.15, -0.1) is 0 Å². The minimum atomic E-state index is -3.98. The van der Waals surface area contributed by atoms with Gasteiger partial charge < -0.3 is 4.74 Å². The topological polar surface area (TPSA) is 96.3 Å². The third-order valence-electron chi connectivity index (χ3n) is 2.39. The first kappa shape index (κ1) is 17.1. The van der Waals surface area contributed by atoms with Gasteiger partial charge in [-0.1, -0.05) is 12.1 Å². The molecule has 0 saturated heterocycles. The van der Waals surface area contributed by atoms with Gasteiger partial charge in [0.1, 0.15) is 17.7 Å². The predicted octanol–water partition coefficient (Wildman–Crippen LogP) is 1.57. The first-order valence-corrected chi connectivity index (χ1v) is 7.79. The molecule has 7 heteroatoms. The summed E-state index contributed by atoms with van der Waals surface area (Å²) in [5, 5.41) is 8.94. The standard InChI is InChI=1S/C14H18N2O4S/c1-10(13(17)20-14(2,3)4)16-21(18,19)12-8-6-5-7-11(12)9-15/h5-8,10,16H,1-4H3/t10-/m0/s1. The molecule has 1 aromatic carbocycles. The number of nitrogens with zero attached hydrogens (tertiary/aromatic N) is 1. The molecule has 0 heterocycles. The van der Waals surface area contributed by atoms with Crippen molar-refractivity contribution in [1.29, 1.82) is 5.26 Å². The van der Waals surface area contributed by atoms with E-state index in [0.717, 1.165) is 0 Å². The van der Waals surface area contributed by atoms with E-state index in [1.54, 1.807) is 26.8 Å². The summed E-state index contributed by atoms with van der Waals surface area (Å²) in [5.74, 6) is -0.680. The van der Waals surface area contributed by atoms with E-state index >= 15 is 0 Å². The molecule has 1 atom stereocenters. The van der Waals surface area contributed by atoms with Gasteiger partial charge in [-0.05, 0) is 39.8 Å². The third-order valence-corrected chi connectivity index (χ3v) is 3.99. The molecule has 1 rings (SSSR count). The monoisotopic (exact) mass is 310 g/mol. The molecule has 21 heavy (non-hydrogen) atoms. The van der Waals surface area contributed by atoms with Gasteiger partial charge >= 0.3 is 5.97 Å². The Morgan fingerprint density at radius 2 is 1.90 bits per heavy atom. The van der Waals surface area contributed by atoms with Crippen LogP contribution in [0, 0.1) is 11.3 Å². The molecular formula is C14H18N2O4S. The Hall–Kier alpha value is -1.91. The van der Waals surface area contributed by atoms with E-state index in [1.165, 1.54) is 25.1 Å². The summed E-state index contributed by atoms with van der Waals surface area (Å²) in [4.78, 5) is 11.6. The SMILES string of the molecule is C[C@H](NS(=O)(=O)c1ccccc1C#N)C(=O)OC(C)(C)C. The zero-order chi connectivity index (χ0) is 16.3. The second-order valence-electron chi connectivity index (χ2n) is 5.48. The Morgan fingerprint density at radius 3 is 2.43 bits per heavy atom. The van der Waals surface area contributed by atoms with Gasteiger partial charge in [0.15, 0.2) is 0 Å². The van der Waals surface area contributed by atoms with E-state index in [2.05, 4.69) is 4.72 Å². The number of hydrogen-bond acceptors (Lipinski definition) is 5. The number of nitriles is 1. The van der Waals surface area contributed by atoms with Crippen molar-refractivity contribution in [3.8, 4) is 6.07 Å². The summed E-state index contributed by atoms with van der Waals surface area (Å²) >= 11 is 0. The molecule has 1 aromatic rings. The molecule has 0 aromatic heterocycles. The van der Waals surface area contributed by atoms with E-state index in [-0.39, 0.29) is 10.5 Å². The molecule has 0 saturated carbocycles. The minimum Gasteiger partial charge on any atom is -0.459 e. The van der Waals surface area contributed by atoms with Crippen molar-refractivity contribution in [2.75, 3.05) is 0 Å². The van der Waals surface area contributed by atoms with Gasteiger partial charge in [0.2, 0.25) is 10.0 Å². The van der Waals surface area contributed by atoms with Crippen molar-refractivity contribution in [3.63, 3.8) is 0 Å². The molecule has 0 aliphatic rings. The van der Waals surface area contributed by atoms with Gasteiger partial charge in [-0.2, -0.15) is 9.98 Å². The average Bonchev–Trinajstić information content (AvgIpc) is 2.36. The third kappa shape index (κ3) is 4.85. The van der Waals surface area contributed by atoms with Crippen molar-refractivity contribution in [3.05, 3.63) is 29.8 Å². The predicted molar refractivity (Wildman–Crippen MR) is 76.8 cm³/mol.